The molecule has 31 heavy (non-hydrogen) atoms. The maximum atomic E-state index is 14.9. The summed E-state index contributed by atoms with van der Waals surface area (Å²) in [4.78, 5) is 0. The van der Waals surface area contributed by atoms with Gasteiger partial charge in [0, 0.05) is 0 Å². The van der Waals surface area contributed by atoms with Crippen LogP contribution >= 0.6 is 0 Å². The summed E-state index contributed by atoms with van der Waals surface area (Å²) in [5.74, 6) is -1.12. The van der Waals surface area contributed by atoms with Crippen LogP contribution in [0.4, 0.5) is 17.6 Å². The van der Waals surface area contributed by atoms with Gasteiger partial charge in [-0.2, -0.15) is 0 Å². The van der Waals surface area contributed by atoms with Gasteiger partial charge in [-0.3, -0.25) is 0 Å². The Morgan fingerprint density at radius 3 is 2.16 bits per heavy atom. The van der Waals surface area contributed by atoms with E-state index in [-0.39, 0.29) is 17.0 Å². The van der Waals surface area contributed by atoms with Crippen molar-refractivity contribution in [2.45, 2.75) is 77.0 Å². The molecule has 4 atom stereocenters. The van der Waals surface area contributed by atoms with Crippen LogP contribution in [0.1, 0.15) is 82.6 Å². The molecule has 2 aliphatic rings. The summed E-state index contributed by atoms with van der Waals surface area (Å²) in [6.07, 6.45) is 12.2. The molecule has 0 N–H and O–H groups in total. The third-order valence-electron chi connectivity index (χ3n) is 7.68. The number of hydrogen-bond acceptors (Lipinski definition) is 0. The van der Waals surface area contributed by atoms with Crippen LogP contribution in [0.5, 0.6) is 0 Å². The Hall–Kier alpha value is -1.84. The molecule has 2 saturated carbocycles. The van der Waals surface area contributed by atoms with Crippen molar-refractivity contribution in [3.63, 3.8) is 0 Å². The minimum atomic E-state index is -1.11. The average Bonchev–Trinajstić information content (AvgIpc) is 2.75. The summed E-state index contributed by atoms with van der Waals surface area (Å²) < 4.78 is 56.5. The van der Waals surface area contributed by atoms with E-state index in [1.165, 1.54) is 63.1 Å². The lowest BCUT2D eigenvalue weighted by Gasteiger charge is -2.42. The van der Waals surface area contributed by atoms with Crippen molar-refractivity contribution >= 4 is 0 Å². The summed E-state index contributed by atoms with van der Waals surface area (Å²) in [5, 5.41) is 0. The molecule has 2 aromatic carbocycles. The van der Waals surface area contributed by atoms with Gasteiger partial charge in [0.25, 0.3) is 0 Å². The molecule has 0 saturated heterocycles. The highest BCUT2D eigenvalue weighted by Crippen LogP contribution is 2.49. The van der Waals surface area contributed by atoms with Gasteiger partial charge in [-0.05, 0) is 91.2 Å². The van der Waals surface area contributed by atoms with E-state index < -0.39 is 23.3 Å². The second-order valence-electron chi connectivity index (χ2n) is 9.69. The number of benzene rings is 2. The number of rotatable bonds is 6. The highest BCUT2D eigenvalue weighted by molar-refractivity contribution is 5.65. The zero-order chi connectivity index (χ0) is 22.0. The molecular weight excluding hydrogens is 400 g/mol. The summed E-state index contributed by atoms with van der Waals surface area (Å²) in [6, 6.07) is 5.77. The molecule has 4 heteroatoms. The molecule has 0 radical (unpaired) electrons. The van der Waals surface area contributed by atoms with Crippen molar-refractivity contribution in [2.24, 2.45) is 17.8 Å². The molecule has 168 valence electrons. The fourth-order valence-corrected chi connectivity index (χ4v) is 5.99. The molecular formula is C27H32F4. The van der Waals surface area contributed by atoms with Crippen molar-refractivity contribution in [3.05, 3.63) is 59.2 Å². The third kappa shape index (κ3) is 4.99. The van der Waals surface area contributed by atoms with E-state index in [1.807, 2.05) is 0 Å². The number of hydrogen-bond donors (Lipinski definition) is 0. The van der Waals surface area contributed by atoms with Gasteiger partial charge in [0.1, 0.15) is 11.6 Å². The molecule has 0 bridgehead atoms. The predicted molar refractivity (Wildman–Crippen MR) is 117 cm³/mol. The summed E-state index contributed by atoms with van der Waals surface area (Å²) in [7, 11) is 0. The Balaban J connectivity index is 1.45. The van der Waals surface area contributed by atoms with E-state index >= 15 is 0 Å². The topological polar surface area (TPSA) is 0 Å². The summed E-state index contributed by atoms with van der Waals surface area (Å²) in [5.41, 5.74) is 0.430. The quantitative estimate of drug-likeness (QED) is 0.316. The Morgan fingerprint density at radius 2 is 1.45 bits per heavy atom. The maximum absolute atomic E-state index is 14.9. The van der Waals surface area contributed by atoms with Crippen LogP contribution in [0.3, 0.4) is 0 Å². The second-order valence-corrected chi connectivity index (χ2v) is 9.69. The van der Waals surface area contributed by atoms with Gasteiger partial charge in [-0.1, -0.05) is 45.1 Å². The van der Waals surface area contributed by atoms with Gasteiger partial charge in [0.15, 0.2) is 11.6 Å². The van der Waals surface area contributed by atoms with Crippen molar-refractivity contribution in [1.82, 2.24) is 0 Å². The van der Waals surface area contributed by atoms with Gasteiger partial charge in [0.05, 0.1) is 5.56 Å². The molecule has 4 rings (SSSR count). The maximum Gasteiger partial charge on any atom is 0.159 e. The first kappa shape index (κ1) is 22.4. The van der Waals surface area contributed by atoms with Crippen LogP contribution in [0.2, 0.25) is 0 Å². The van der Waals surface area contributed by atoms with Crippen molar-refractivity contribution in [1.29, 1.82) is 0 Å². The van der Waals surface area contributed by atoms with E-state index in [1.54, 1.807) is 0 Å². The van der Waals surface area contributed by atoms with Gasteiger partial charge < -0.3 is 0 Å². The van der Waals surface area contributed by atoms with E-state index in [0.717, 1.165) is 43.2 Å². The van der Waals surface area contributed by atoms with Crippen molar-refractivity contribution < 1.29 is 17.6 Å². The van der Waals surface area contributed by atoms with Gasteiger partial charge >= 0.3 is 0 Å². The smallest absolute Gasteiger partial charge is 0.159 e. The number of unbranched alkanes of at least 4 members (excludes halogenated alkanes) is 2. The zero-order valence-corrected chi connectivity index (χ0v) is 18.3. The largest absolute Gasteiger partial charge is 0.206 e. The van der Waals surface area contributed by atoms with Crippen LogP contribution in [-0.2, 0) is 0 Å². The first-order valence-electron chi connectivity index (χ1n) is 11.9. The third-order valence-corrected chi connectivity index (χ3v) is 7.68. The molecule has 2 aliphatic carbocycles. The van der Waals surface area contributed by atoms with Crippen LogP contribution < -0.4 is 0 Å². The van der Waals surface area contributed by atoms with Gasteiger partial charge in [-0.25, -0.2) is 17.6 Å². The molecule has 0 amide bonds. The average molecular weight is 433 g/mol. The Morgan fingerprint density at radius 1 is 0.742 bits per heavy atom. The Labute approximate surface area is 183 Å². The number of halogens is 4. The summed E-state index contributed by atoms with van der Waals surface area (Å²) in [6.45, 7) is 2.24. The molecule has 2 aromatic rings. The Kier molecular flexibility index (Phi) is 7.03. The molecule has 0 heterocycles. The van der Waals surface area contributed by atoms with Gasteiger partial charge in [-0.15, -0.1) is 0 Å². The minimum Gasteiger partial charge on any atom is -0.206 e. The monoisotopic (exact) mass is 432 g/mol. The molecule has 0 spiro atoms. The standard InChI is InChI=1S/C27H32F4/c1-2-3-4-5-17-6-7-19-13-20(9-8-18(19)12-17)22-15-25(30)27(26(31)16-22)21-10-11-23(28)24(29)14-21/h10-11,14-20H,2-9,12-13H2,1H3/t17?,18-,19-,20-/m1/s1. The lowest BCUT2D eigenvalue weighted by atomic mass is 9.63. The van der Waals surface area contributed by atoms with E-state index in [2.05, 4.69) is 6.92 Å². The van der Waals surface area contributed by atoms with Crippen LogP contribution in [0.25, 0.3) is 11.1 Å². The highest BCUT2D eigenvalue weighted by Gasteiger charge is 2.36. The van der Waals surface area contributed by atoms with E-state index in [9.17, 15) is 17.6 Å². The molecule has 0 aromatic heterocycles. The molecule has 1 unspecified atom stereocenters. The van der Waals surface area contributed by atoms with Crippen molar-refractivity contribution in [3.8, 4) is 11.1 Å². The van der Waals surface area contributed by atoms with Crippen LogP contribution in [0.15, 0.2) is 30.3 Å². The van der Waals surface area contributed by atoms with Crippen LogP contribution in [0, 0.1) is 41.0 Å². The lowest BCUT2D eigenvalue weighted by Crippen LogP contribution is -2.30. The molecule has 2 fully saturated rings. The first-order valence-corrected chi connectivity index (χ1v) is 11.9. The lowest BCUT2D eigenvalue weighted by molar-refractivity contribution is 0.113. The normalized spacial score (nSPS) is 26.0. The molecule has 0 nitrogen and oxygen atoms in total. The van der Waals surface area contributed by atoms with E-state index in [4.69, 9.17) is 0 Å². The molecule has 0 aliphatic heterocycles. The van der Waals surface area contributed by atoms with Crippen molar-refractivity contribution in [2.75, 3.05) is 0 Å². The number of fused-ring (bicyclic) bond motifs is 1. The fraction of sp³-hybridized carbons (Fsp3) is 0.556. The predicted octanol–water partition coefficient (Wildman–Crippen LogP) is 8.79. The van der Waals surface area contributed by atoms with Gasteiger partial charge in [0.2, 0.25) is 0 Å². The zero-order valence-electron chi connectivity index (χ0n) is 18.3. The highest BCUT2D eigenvalue weighted by atomic mass is 19.2. The minimum absolute atomic E-state index is 0.0190. The second kappa shape index (κ2) is 9.75. The Bertz CT molecular complexity index is 883. The first-order chi connectivity index (χ1) is 15.0. The van der Waals surface area contributed by atoms with E-state index in [0.29, 0.717) is 11.5 Å². The fourth-order valence-electron chi connectivity index (χ4n) is 5.99. The van der Waals surface area contributed by atoms with Crippen LogP contribution in [-0.4, -0.2) is 0 Å². The SMILES string of the molecule is CCCCCC1CC[C@@H]2C[C@H](c3cc(F)c(-c4ccc(F)c(F)c4)c(F)c3)CC[C@@H]2C1. The summed E-state index contributed by atoms with van der Waals surface area (Å²) >= 11 is 0.